The zero-order valence-corrected chi connectivity index (χ0v) is 13.2. The number of likely N-dealkylation sites (tertiary alicyclic amines) is 1. The summed E-state index contributed by atoms with van der Waals surface area (Å²) in [6.07, 6.45) is 5.51. The van der Waals surface area contributed by atoms with E-state index in [9.17, 15) is 0 Å². The van der Waals surface area contributed by atoms with Gasteiger partial charge in [0.15, 0.2) is 0 Å². The Labute approximate surface area is 123 Å². The van der Waals surface area contributed by atoms with E-state index < -0.39 is 0 Å². The van der Waals surface area contributed by atoms with Gasteiger partial charge >= 0.3 is 0 Å². The van der Waals surface area contributed by atoms with Crippen molar-refractivity contribution in [1.29, 1.82) is 0 Å². The highest BCUT2D eigenvalue weighted by Crippen LogP contribution is 2.30. The molecule has 20 heavy (non-hydrogen) atoms. The van der Waals surface area contributed by atoms with Gasteiger partial charge in [-0.15, -0.1) is 0 Å². The SMILES string of the molecule is Cc1ccc(C)c(C(C)NC2CCN(C3CC3)CC2)c1. The van der Waals surface area contributed by atoms with Crippen LogP contribution in [0.2, 0.25) is 0 Å². The Kier molecular flexibility index (Phi) is 4.13. The number of aryl methyl sites for hydroxylation is 2. The normalized spacial score (nSPS) is 22.9. The van der Waals surface area contributed by atoms with E-state index in [2.05, 4.69) is 49.2 Å². The minimum absolute atomic E-state index is 0.465. The number of benzene rings is 1. The molecule has 1 saturated carbocycles. The van der Waals surface area contributed by atoms with Crippen LogP contribution in [0, 0.1) is 13.8 Å². The fourth-order valence-corrected chi connectivity index (χ4v) is 3.54. The van der Waals surface area contributed by atoms with Gasteiger partial charge in [0.05, 0.1) is 0 Å². The molecule has 1 saturated heterocycles. The van der Waals surface area contributed by atoms with Crippen LogP contribution in [0.1, 0.15) is 55.3 Å². The molecule has 3 rings (SSSR count). The van der Waals surface area contributed by atoms with Crippen LogP contribution in [-0.2, 0) is 0 Å². The average Bonchev–Trinajstić information content (AvgIpc) is 3.27. The minimum atomic E-state index is 0.465. The fraction of sp³-hybridized carbons (Fsp3) is 0.667. The lowest BCUT2D eigenvalue weighted by Crippen LogP contribution is -2.44. The van der Waals surface area contributed by atoms with E-state index >= 15 is 0 Å². The molecule has 2 heteroatoms. The van der Waals surface area contributed by atoms with Gasteiger partial charge in [0.2, 0.25) is 0 Å². The van der Waals surface area contributed by atoms with Gasteiger partial charge in [0.25, 0.3) is 0 Å². The van der Waals surface area contributed by atoms with E-state index in [1.807, 2.05) is 0 Å². The van der Waals surface area contributed by atoms with Gasteiger partial charge in [-0.1, -0.05) is 23.8 Å². The third kappa shape index (κ3) is 3.24. The molecule has 0 aromatic heterocycles. The smallest absolute Gasteiger partial charge is 0.0297 e. The second kappa shape index (κ2) is 5.87. The van der Waals surface area contributed by atoms with Gasteiger partial charge < -0.3 is 10.2 Å². The van der Waals surface area contributed by atoms with Crippen molar-refractivity contribution in [1.82, 2.24) is 10.2 Å². The summed E-state index contributed by atoms with van der Waals surface area (Å²) in [6, 6.07) is 8.89. The maximum absolute atomic E-state index is 3.86. The van der Waals surface area contributed by atoms with Crippen molar-refractivity contribution >= 4 is 0 Å². The first kappa shape index (κ1) is 14.1. The zero-order valence-electron chi connectivity index (χ0n) is 13.2. The van der Waals surface area contributed by atoms with Crippen LogP contribution in [0.5, 0.6) is 0 Å². The molecule has 1 aromatic rings. The number of nitrogens with zero attached hydrogens (tertiary/aromatic N) is 1. The van der Waals surface area contributed by atoms with E-state index in [1.165, 1.54) is 55.5 Å². The minimum Gasteiger partial charge on any atom is -0.307 e. The Hall–Kier alpha value is -0.860. The second-order valence-electron chi connectivity index (χ2n) is 6.79. The summed E-state index contributed by atoms with van der Waals surface area (Å²) in [5, 5.41) is 3.86. The molecule has 1 aliphatic heterocycles. The Balaban J connectivity index is 1.56. The number of piperidine rings is 1. The molecule has 2 fully saturated rings. The van der Waals surface area contributed by atoms with Gasteiger partial charge in [0.1, 0.15) is 0 Å². The Morgan fingerprint density at radius 3 is 2.45 bits per heavy atom. The van der Waals surface area contributed by atoms with E-state index in [0.717, 1.165) is 6.04 Å². The predicted octanol–water partition coefficient (Wildman–Crippen LogP) is 3.58. The van der Waals surface area contributed by atoms with Crippen LogP contribution in [0.3, 0.4) is 0 Å². The number of hydrogen-bond donors (Lipinski definition) is 1. The molecule has 1 aliphatic carbocycles. The summed E-state index contributed by atoms with van der Waals surface area (Å²) < 4.78 is 0. The maximum Gasteiger partial charge on any atom is 0.0297 e. The topological polar surface area (TPSA) is 15.3 Å². The molecule has 0 spiro atoms. The molecule has 1 heterocycles. The van der Waals surface area contributed by atoms with Crippen molar-refractivity contribution in [2.45, 2.75) is 64.6 Å². The Bertz CT molecular complexity index is 456. The number of rotatable bonds is 4. The van der Waals surface area contributed by atoms with Gasteiger partial charge in [0, 0.05) is 18.1 Å². The van der Waals surface area contributed by atoms with Crippen molar-refractivity contribution in [2.75, 3.05) is 13.1 Å². The lowest BCUT2D eigenvalue weighted by Gasteiger charge is -2.34. The molecule has 1 unspecified atom stereocenters. The molecule has 0 bridgehead atoms. The molecule has 110 valence electrons. The molecular weight excluding hydrogens is 244 g/mol. The highest BCUT2D eigenvalue weighted by molar-refractivity contribution is 5.32. The highest BCUT2D eigenvalue weighted by atomic mass is 15.2. The van der Waals surface area contributed by atoms with Crippen LogP contribution >= 0.6 is 0 Å². The summed E-state index contributed by atoms with van der Waals surface area (Å²) in [5.41, 5.74) is 4.24. The Morgan fingerprint density at radius 1 is 1.10 bits per heavy atom. The molecule has 1 atom stereocenters. The fourth-order valence-electron chi connectivity index (χ4n) is 3.54. The monoisotopic (exact) mass is 272 g/mol. The van der Waals surface area contributed by atoms with Crippen LogP contribution < -0.4 is 5.32 Å². The van der Waals surface area contributed by atoms with Gasteiger partial charge in [-0.3, -0.25) is 0 Å². The first-order valence-corrected chi connectivity index (χ1v) is 8.21. The van der Waals surface area contributed by atoms with Crippen LogP contribution in [0.4, 0.5) is 0 Å². The zero-order chi connectivity index (χ0) is 14.1. The van der Waals surface area contributed by atoms with Crippen molar-refractivity contribution in [3.8, 4) is 0 Å². The second-order valence-corrected chi connectivity index (χ2v) is 6.79. The summed E-state index contributed by atoms with van der Waals surface area (Å²) in [5.74, 6) is 0. The number of nitrogens with one attached hydrogen (secondary N) is 1. The van der Waals surface area contributed by atoms with Crippen molar-refractivity contribution < 1.29 is 0 Å². The lowest BCUT2D eigenvalue weighted by molar-refractivity contribution is 0.184. The molecule has 0 radical (unpaired) electrons. The highest BCUT2D eigenvalue weighted by Gasteiger charge is 2.32. The van der Waals surface area contributed by atoms with Crippen LogP contribution in [0.15, 0.2) is 18.2 Å². The van der Waals surface area contributed by atoms with E-state index in [4.69, 9.17) is 0 Å². The van der Waals surface area contributed by atoms with Gasteiger partial charge in [-0.25, -0.2) is 0 Å². The van der Waals surface area contributed by atoms with Crippen LogP contribution in [-0.4, -0.2) is 30.1 Å². The largest absolute Gasteiger partial charge is 0.307 e. The summed E-state index contributed by atoms with van der Waals surface area (Å²) in [4.78, 5) is 2.70. The third-order valence-electron chi connectivity index (χ3n) is 4.98. The summed E-state index contributed by atoms with van der Waals surface area (Å²) >= 11 is 0. The van der Waals surface area contributed by atoms with Crippen molar-refractivity contribution in [2.24, 2.45) is 0 Å². The third-order valence-corrected chi connectivity index (χ3v) is 4.98. The quantitative estimate of drug-likeness (QED) is 0.901. The lowest BCUT2D eigenvalue weighted by atomic mass is 9.97. The standard InChI is InChI=1S/C18H28N2/c1-13-4-5-14(2)18(12-13)15(3)19-16-8-10-20(11-9-16)17-6-7-17/h4-5,12,15-17,19H,6-11H2,1-3H3. The first-order valence-electron chi connectivity index (χ1n) is 8.21. The predicted molar refractivity (Wildman–Crippen MR) is 85.1 cm³/mol. The number of hydrogen-bond acceptors (Lipinski definition) is 2. The van der Waals surface area contributed by atoms with Crippen LogP contribution in [0.25, 0.3) is 0 Å². The molecule has 0 amide bonds. The molecule has 2 nitrogen and oxygen atoms in total. The van der Waals surface area contributed by atoms with E-state index in [1.54, 1.807) is 0 Å². The van der Waals surface area contributed by atoms with E-state index in [-0.39, 0.29) is 0 Å². The van der Waals surface area contributed by atoms with Crippen molar-refractivity contribution in [3.05, 3.63) is 34.9 Å². The first-order chi connectivity index (χ1) is 9.63. The molecule has 1 N–H and O–H groups in total. The summed E-state index contributed by atoms with van der Waals surface area (Å²) in [7, 11) is 0. The van der Waals surface area contributed by atoms with Crippen molar-refractivity contribution in [3.63, 3.8) is 0 Å². The molecule has 2 aliphatic rings. The van der Waals surface area contributed by atoms with Gasteiger partial charge in [-0.05, 0) is 70.7 Å². The average molecular weight is 272 g/mol. The summed E-state index contributed by atoms with van der Waals surface area (Å²) in [6.45, 7) is 9.31. The maximum atomic E-state index is 3.86. The van der Waals surface area contributed by atoms with E-state index in [0.29, 0.717) is 12.1 Å². The Morgan fingerprint density at radius 2 is 1.80 bits per heavy atom. The molecule has 1 aromatic carbocycles. The molecular formula is C18H28N2. The van der Waals surface area contributed by atoms with Gasteiger partial charge in [-0.2, -0.15) is 0 Å².